The molecule has 0 saturated carbocycles. The predicted octanol–water partition coefficient (Wildman–Crippen LogP) is 3.58. The standard InChI is InChI=1S/C13H15Cl2N3O2S/c1-16-12-18(5-7-21-12)4-6-20-13(19)17-9-2-3-10(14)11(15)8-9/h2-3,8H,4-7H2,1H3,(H,17,19). The molecule has 0 bridgehead atoms. The first-order valence-corrected chi connectivity index (χ1v) is 8.07. The van der Waals surface area contributed by atoms with Crippen molar-refractivity contribution in [2.45, 2.75) is 0 Å². The van der Waals surface area contributed by atoms with Crippen molar-refractivity contribution in [1.82, 2.24) is 4.90 Å². The van der Waals surface area contributed by atoms with Crippen LogP contribution in [0.15, 0.2) is 23.2 Å². The van der Waals surface area contributed by atoms with E-state index in [9.17, 15) is 4.79 Å². The normalized spacial score (nSPS) is 16.3. The summed E-state index contributed by atoms with van der Waals surface area (Å²) in [5, 5.41) is 4.41. The summed E-state index contributed by atoms with van der Waals surface area (Å²) in [5.41, 5.74) is 0.543. The molecule has 21 heavy (non-hydrogen) atoms. The van der Waals surface area contributed by atoms with E-state index in [0.717, 1.165) is 17.5 Å². The number of ether oxygens (including phenoxy) is 1. The summed E-state index contributed by atoms with van der Waals surface area (Å²) >= 11 is 13.4. The third kappa shape index (κ3) is 4.69. The molecular weight excluding hydrogens is 333 g/mol. The molecular formula is C13H15Cl2N3O2S. The molecule has 1 heterocycles. The third-order valence-corrected chi connectivity index (χ3v) is 4.64. The molecule has 8 heteroatoms. The van der Waals surface area contributed by atoms with Gasteiger partial charge in [-0.25, -0.2) is 4.79 Å². The molecule has 1 aromatic rings. The Labute approximate surface area is 137 Å². The van der Waals surface area contributed by atoms with E-state index in [1.807, 2.05) is 0 Å². The van der Waals surface area contributed by atoms with Crippen molar-refractivity contribution in [2.75, 3.05) is 37.8 Å². The summed E-state index contributed by atoms with van der Waals surface area (Å²) in [5.74, 6) is 1.02. The number of aliphatic imine (C=N–C) groups is 1. The quantitative estimate of drug-likeness (QED) is 0.904. The predicted molar refractivity (Wildman–Crippen MR) is 88.8 cm³/mol. The third-order valence-electron chi connectivity index (χ3n) is 2.81. The number of nitrogens with one attached hydrogen (secondary N) is 1. The SMILES string of the molecule is CN=C1SCCN1CCOC(=O)Nc1ccc(Cl)c(Cl)c1. The number of benzene rings is 1. The Hall–Kier alpha value is -1.11. The Kier molecular flexibility index (Phi) is 6.02. The summed E-state index contributed by atoms with van der Waals surface area (Å²) in [6.45, 7) is 1.86. The van der Waals surface area contributed by atoms with Crippen LogP contribution < -0.4 is 5.32 Å². The van der Waals surface area contributed by atoms with Crippen LogP contribution in [0.25, 0.3) is 0 Å². The number of halogens is 2. The first-order valence-electron chi connectivity index (χ1n) is 6.33. The summed E-state index contributed by atoms with van der Waals surface area (Å²) < 4.78 is 5.14. The Morgan fingerprint density at radius 1 is 1.48 bits per heavy atom. The van der Waals surface area contributed by atoms with E-state index in [2.05, 4.69) is 15.2 Å². The fourth-order valence-corrected chi connectivity index (χ4v) is 3.11. The van der Waals surface area contributed by atoms with Gasteiger partial charge < -0.3 is 9.64 Å². The molecule has 1 fully saturated rings. The van der Waals surface area contributed by atoms with E-state index in [-0.39, 0.29) is 0 Å². The average Bonchev–Trinajstić information content (AvgIpc) is 2.90. The van der Waals surface area contributed by atoms with Crippen molar-refractivity contribution in [2.24, 2.45) is 4.99 Å². The van der Waals surface area contributed by atoms with Gasteiger partial charge in [-0.3, -0.25) is 10.3 Å². The van der Waals surface area contributed by atoms with E-state index in [0.29, 0.717) is 28.9 Å². The van der Waals surface area contributed by atoms with Crippen molar-refractivity contribution < 1.29 is 9.53 Å². The van der Waals surface area contributed by atoms with Crippen LogP contribution in [-0.4, -0.2) is 48.7 Å². The maximum atomic E-state index is 11.7. The highest BCUT2D eigenvalue weighted by Gasteiger charge is 2.18. The number of anilines is 1. The fraction of sp³-hybridized carbons (Fsp3) is 0.385. The lowest BCUT2D eigenvalue weighted by molar-refractivity contribution is 0.154. The number of nitrogens with zero attached hydrogens (tertiary/aromatic N) is 2. The van der Waals surface area contributed by atoms with Crippen LogP contribution in [0.4, 0.5) is 10.5 Å². The van der Waals surface area contributed by atoms with Gasteiger partial charge in [0, 0.05) is 25.0 Å². The maximum absolute atomic E-state index is 11.7. The summed E-state index contributed by atoms with van der Waals surface area (Å²) in [6, 6.07) is 4.85. The molecule has 5 nitrogen and oxygen atoms in total. The zero-order valence-corrected chi connectivity index (χ0v) is 13.8. The van der Waals surface area contributed by atoms with Crippen molar-refractivity contribution in [3.8, 4) is 0 Å². The molecule has 0 radical (unpaired) electrons. The van der Waals surface area contributed by atoms with E-state index in [4.69, 9.17) is 27.9 Å². The molecule has 1 aromatic carbocycles. The molecule has 1 aliphatic rings. The van der Waals surface area contributed by atoms with Gasteiger partial charge in [0.15, 0.2) is 5.17 Å². The summed E-state index contributed by atoms with van der Waals surface area (Å²) in [4.78, 5) is 17.9. The van der Waals surface area contributed by atoms with Gasteiger partial charge in [-0.2, -0.15) is 0 Å². The van der Waals surface area contributed by atoms with Crippen LogP contribution in [-0.2, 0) is 4.74 Å². The van der Waals surface area contributed by atoms with Crippen LogP contribution in [0.5, 0.6) is 0 Å². The highest BCUT2D eigenvalue weighted by molar-refractivity contribution is 8.14. The van der Waals surface area contributed by atoms with Crippen LogP contribution >= 0.6 is 35.0 Å². The highest BCUT2D eigenvalue weighted by Crippen LogP contribution is 2.25. The second-order valence-corrected chi connectivity index (χ2v) is 6.11. The van der Waals surface area contributed by atoms with Gasteiger partial charge in [-0.05, 0) is 18.2 Å². The number of rotatable bonds is 4. The molecule has 0 unspecified atom stereocenters. The zero-order valence-electron chi connectivity index (χ0n) is 11.4. The monoisotopic (exact) mass is 347 g/mol. The maximum Gasteiger partial charge on any atom is 0.411 e. The number of hydrogen-bond donors (Lipinski definition) is 1. The highest BCUT2D eigenvalue weighted by atomic mass is 35.5. The number of carbonyl (C=O) groups is 1. The molecule has 2 rings (SSSR count). The van der Waals surface area contributed by atoms with Crippen molar-refractivity contribution in [1.29, 1.82) is 0 Å². The van der Waals surface area contributed by atoms with E-state index in [1.165, 1.54) is 0 Å². The summed E-state index contributed by atoms with van der Waals surface area (Å²) in [7, 11) is 1.76. The fourth-order valence-electron chi connectivity index (χ4n) is 1.82. The van der Waals surface area contributed by atoms with Crippen molar-refractivity contribution in [3.63, 3.8) is 0 Å². The van der Waals surface area contributed by atoms with E-state index < -0.39 is 6.09 Å². The molecule has 1 aliphatic heterocycles. The Bertz CT molecular complexity index is 554. The van der Waals surface area contributed by atoms with Crippen LogP contribution in [0.3, 0.4) is 0 Å². The zero-order chi connectivity index (χ0) is 15.2. The second-order valence-electron chi connectivity index (χ2n) is 4.23. The van der Waals surface area contributed by atoms with Gasteiger partial charge in [-0.1, -0.05) is 35.0 Å². The Balaban J connectivity index is 1.76. The topological polar surface area (TPSA) is 53.9 Å². The number of carbonyl (C=O) groups excluding carboxylic acids is 1. The number of amides is 1. The van der Waals surface area contributed by atoms with E-state index >= 15 is 0 Å². The molecule has 0 spiro atoms. The molecule has 114 valence electrons. The Morgan fingerprint density at radius 2 is 2.29 bits per heavy atom. The Morgan fingerprint density at radius 3 is 3.00 bits per heavy atom. The molecule has 1 saturated heterocycles. The van der Waals surface area contributed by atoms with Crippen LogP contribution in [0.1, 0.15) is 0 Å². The second kappa shape index (κ2) is 7.77. The lowest BCUT2D eigenvalue weighted by Gasteiger charge is -2.17. The molecule has 0 aromatic heterocycles. The van der Waals surface area contributed by atoms with Crippen molar-refractivity contribution >= 4 is 51.9 Å². The van der Waals surface area contributed by atoms with Gasteiger partial charge in [0.1, 0.15) is 6.61 Å². The largest absolute Gasteiger partial charge is 0.447 e. The minimum Gasteiger partial charge on any atom is -0.447 e. The van der Waals surface area contributed by atoms with Gasteiger partial charge in [0.05, 0.1) is 16.6 Å². The molecule has 1 N–H and O–H groups in total. The molecule has 0 aliphatic carbocycles. The number of thioether (sulfide) groups is 1. The van der Waals surface area contributed by atoms with Crippen LogP contribution in [0.2, 0.25) is 10.0 Å². The number of amidine groups is 1. The minimum atomic E-state index is -0.518. The van der Waals surface area contributed by atoms with E-state index in [1.54, 1.807) is 37.0 Å². The number of hydrogen-bond acceptors (Lipinski definition) is 4. The van der Waals surface area contributed by atoms with Crippen LogP contribution in [0, 0.1) is 0 Å². The first kappa shape index (κ1) is 16.3. The lowest BCUT2D eigenvalue weighted by atomic mass is 10.3. The summed E-state index contributed by atoms with van der Waals surface area (Å²) in [6.07, 6.45) is -0.518. The van der Waals surface area contributed by atoms with Crippen molar-refractivity contribution in [3.05, 3.63) is 28.2 Å². The van der Waals surface area contributed by atoms with Gasteiger partial charge in [-0.15, -0.1) is 0 Å². The van der Waals surface area contributed by atoms with Gasteiger partial charge in [0.2, 0.25) is 0 Å². The average molecular weight is 348 g/mol. The lowest BCUT2D eigenvalue weighted by Crippen LogP contribution is -2.29. The van der Waals surface area contributed by atoms with Gasteiger partial charge in [0.25, 0.3) is 0 Å². The smallest absolute Gasteiger partial charge is 0.411 e. The minimum absolute atomic E-state index is 0.298. The first-order chi connectivity index (χ1) is 10.1. The molecule has 1 amide bonds. The molecule has 0 atom stereocenters. The van der Waals surface area contributed by atoms with Gasteiger partial charge >= 0.3 is 6.09 Å².